The summed E-state index contributed by atoms with van der Waals surface area (Å²) in [4.78, 5) is 0. The van der Waals surface area contributed by atoms with Crippen molar-refractivity contribution in [1.29, 1.82) is 0 Å². The lowest BCUT2D eigenvalue weighted by Gasteiger charge is -2.25. The zero-order valence-corrected chi connectivity index (χ0v) is 14.2. The highest BCUT2D eigenvalue weighted by atomic mass is 16.5. The molecule has 1 atom stereocenters. The fourth-order valence-electron chi connectivity index (χ4n) is 2.55. The lowest BCUT2D eigenvalue weighted by Crippen LogP contribution is -2.30. The predicted octanol–water partition coefficient (Wildman–Crippen LogP) is 2.76. The summed E-state index contributed by atoms with van der Waals surface area (Å²) in [6.45, 7) is 8.55. The largest absolute Gasteiger partial charge is 0.379 e. The maximum absolute atomic E-state index is 5.50. The molecule has 0 fully saturated rings. The lowest BCUT2D eigenvalue weighted by atomic mass is 9.95. The van der Waals surface area contributed by atoms with Crippen LogP contribution in [0.4, 0.5) is 0 Å². The molecule has 0 saturated heterocycles. The van der Waals surface area contributed by atoms with Gasteiger partial charge in [-0.1, -0.05) is 0 Å². The Labute approximate surface area is 123 Å². The van der Waals surface area contributed by atoms with E-state index in [2.05, 4.69) is 38.1 Å². The van der Waals surface area contributed by atoms with Crippen LogP contribution in [0.25, 0.3) is 0 Å². The smallest absolute Gasteiger partial charge is 0.0628 e. The Bertz CT molecular complexity index is 424. The molecule has 1 rings (SSSR count). The van der Waals surface area contributed by atoms with Crippen molar-refractivity contribution in [3.8, 4) is 0 Å². The van der Waals surface area contributed by atoms with E-state index in [1.54, 1.807) is 7.11 Å². The molecule has 0 aliphatic heterocycles. The first-order valence-corrected chi connectivity index (χ1v) is 7.52. The van der Waals surface area contributed by atoms with Gasteiger partial charge < -0.3 is 10.1 Å². The first-order valence-electron chi connectivity index (χ1n) is 7.52. The van der Waals surface area contributed by atoms with Gasteiger partial charge in [0.1, 0.15) is 0 Å². The number of aromatic nitrogens is 2. The molecule has 1 unspecified atom stereocenters. The van der Waals surface area contributed by atoms with Crippen molar-refractivity contribution < 1.29 is 4.74 Å². The van der Waals surface area contributed by atoms with Crippen LogP contribution >= 0.6 is 0 Å². The van der Waals surface area contributed by atoms with Gasteiger partial charge in [-0.2, -0.15) is 5.10 Å². The minimum atomic E-state index is -0.0325. The molecule has 0 aliphatic carbocycles. The number of methoxy groups -OCH3 is 1. The summed E-state index contributed by atoms with van der Waals surface area (Å²) in [6, 6.07) is 0.531. The number of rotatable bonds is 8. The molecule has 4 heteroatoms. The summed E-state index contributed by atoms with van der Waals surface area (Å²) >= 11 is 0. The summed E-state index contributed by atoms with van der Waals surface area (Å²) in [5, 5.41) is 7.92. The van der Waals surface area contributed by atoms with Crippen LogP contribution in [0.1, 0.15) is 50.1 Å². The molecular weight excluding hydrogens is 250 g/mol. The van der Waals surface area contributed by atoms with Crippen LogP contribution in [0.5, 0.6) is 0 Å². The third-order valence-corrected chi connectivity index (χ3v) is 4.46. The van der Waals surface area contributed by atoms with E-state index in [-0.39, 0.29) is 5.60 Å². The van der Waals surface area contributed by atoms with Crippen molar-refractivity contribution in [1.82, 2.24) is 15.1 Å². The molecule has 0 bridgehead atoms. The second-order valence-electron chi connectivity index (χ2n) is 6.30. The van der Waals surface area contributed by atoms with E-state index in [4.69, 9.17) is 4.74 Å². The van der Waals surface area contributed by atoms with Gasteiger partial charge in [0.05, 0.1) is 11.3 Å². The van der Waals surface area contributed by atoms with Crippen LogP contribution < -0.4 is 5.32 Å². The molecule has 1 aromatic rings. The van der Waals surface area contributed by atoms with Crippen molar-refractivity contribution >= 4 is 0 Å². The third kappa shape index (κ3) is 4.60. The van der Waals surface area contributed by atoms with E-state index in [1.165, 1.54) is 11.3 Å². The molecule has 1 aromatic heterocycles. The zero-order valence-electron chi connectivity index (χ0n) is 14.2. The normalized spacial score (nSPS) is 13.8. The molecule has 0 saturated carbocycles. The van der Waals surface area contributed by atoms with E-state index >= 15 is 0 Å². The highest BCUT2D eigenvalue weighted by molar-refractivity contribution is 5.24. The van der Waals surface area contributed by atoms with E-state index in [9.17, 15) is 0 Å². The molecule has 20 heavy (non-hydrogen) atoms. The van der Waals surface area contributed by atoms with Crippen molar-refractivity contribution in [2.24, 2.45) is 7.05 Å². The van der Waals surface area contributed by atoms with Crippen LogP contribution in [0.2, 0.25) is 0 Å². The van der Waals surface area contributed by atoms with E-state index in [0.717, 1.165) is 31.4 Å². The summed E-state index contributed by atoms with van der Waals surface area (Å²) in [5.41, 5.74) is 3.82. The Morgan fingerprint density at radius 2 is 1.95 bits per heavy atom. The maximum Gasteiger partial charge on any atom is 0.0628 e. The molecule has 0 radical (unpaired) electrons. The van der Waals surface area contributed by atoms with Gasteiger partial charge in [0.15, 0.2) is 0 Å². The van der Waals surface area contributed by atoms with E-state index in [1.807, 2.05) is 18.8 Å². The fourth-order valence-corrected chi connectivity index (χ4v) is 2.55. The Kier molecular flexibility index (Phi) is 6.21. The molecule has 0 amide bonds. The topological polar surface area (TPSA) is 39.1 Å². The van der Waals surface area contributed by atoms with Gasteiger partial charge in [-0.25, -0.2) is 0 Å². The summed E-state index contributed by atoms with van der Waals surface area (Å²) in [5.74, 6) is 0. The Hall–Kier alpha value is -0.870. The summed E-state index contributed by atoms with van der Waals surface area (Å²) in [7, 11) is 5.85. The highest BCUT2D eigenvalue weighted by Crippen LogP contribution is 2.20. The first-order chi connectivity index (χ1) is 9.30. The lowest BCUT2D eigenvalue weighted by molar-refractivity contribution is 0.0117. The SMILES string of the molecule is CNC(CCc1c(C)nn(C)c1C)CCC(C)(C)OC. The van der Waals surface area contributed by atoms with Gasteiger partial charge in [0.2, 0.25) is 0 Å². The number of aryl methyl sites for hydroxylation is 2. The van der Waals surface area contributed by atoms with Crippen molar-refractivity contribution in [3.63, 3.8) is 0 Å². The monoisotopic (exact) mass is 281 g/mol. The highest BCUT2D eigenvalue weighted by Gasteiger charge is 2.19. The molecule has 1 N–H and O–H groups in total. The standard InChI is InChI=1S/C16H31N3O/c1-12-15(13(2)19(6)18-12)9-8-14(17-5)10-11-16(3,4)20-7/h14,17H,8-11H2,1-7H3. The van der Waals surface area contributed by atoms with Crippen molar-refractivity contribution in [2.45, 2.75) is 65.0 Å². The van der Waals surface area contributed by atoms with E-state index in [0.29, 0.717) is 6.04 Å². The van der Waals surface area contributed by atoms with Gasteiger partial charge in [-0.3, -0.25) is 4.68 Å². The Balaban J connectivity index is 2.53. The van der Waals surface area contributed by atoms with Crippen LogP contribution in [-0.2, 0) is 18.2 Å². The summed E-state index contributed by atoms with van der Waals surface area (Å²) < 4.78 is 7.48. The minimum absolute atomic E-state index is 0.0325. The molecule has 0 aliphatic rings. The van der Waals surface area contributed by atoms with Crippen LogP contribution in [0.3, 0.4) is 0 Å². The fraction of sp³-hybridized carbons (Fsp3) is 0.812. The van der Waals surface area contributed by atoms with Crippen molar-refractivity contribution in [3.05, 3.63) is 17.0 Å². The minimum Gasteiger partial charge on any atom is -0.379 e. The Morgan fingerprint density at radius 1 is 1.30 bits per heavy atom. The van der Waals surface area contributed by atoms with Gasteiger partial charge in [0.25, 0.3) is 0 Å². The summed E-state index contributed by atoms with van der Waals surface area (Å²) in [6.07, 6.45) is 4.43. The molecule has 0 aromatic carbocycles. The van der Waals surface area contributed by atoms with Gasteiger partial charge in [0, 0.05) is 25.9 Å². The first kappa shape index (κ1) is 17.2. The number of nitrogens with one attached hydrogen (secondary N) is 1. The quantitative estimate of drug-likeness (QED) is 0.796. The van der Waals surface area contributed by atoms with Gasteiger partial charge in [-0.15, -0.1) is 0 Å². The van der Waals surface area contributed by atoms with E-state index < -0.39 is 0 Å². The second kappa shape index (κ2) is 7.23. The van der Waals surface area contributed by atoms with Gasteiger partial charge in [-0.05, 0) is 66.0 Å². The van der Waals surface area contributed by atoms with Crippen LogP contribution in [-0.4, -0.2) is 35.6 Å². The average Bonchev–Trinajstić information content (AvgIpc) is 2.64. The zero-order chi connectivity index (χ0) is 15.3. The van der Waals surface area contributed by atoms with Crippen molar-refractivity contribution in [2.75, 3.05) is 14.2 Å². The molecule has 1 heterocycles. The third-order valence-electron chi connectivity index (χ3n) is 4.46. The second-order valence-corrected chi connectivity index (χ2v) is 6.30. The Morgan fingerprint density at radius 3 is 2.40 bits per heavy atom. The van der Waals surface area contributed by atoms with Crippen LogP contribution in [0, 0.1) is 13.8 Å². The maximum atomic E-state index is 5.50. The molecule has 4 nitrogen and oxygen atoms in total. The number of hydrogen-bond acceptors (Lipinski definition) is 3. The number of hydrogen-bond donors (Lipinski definition) is 1. The molecule has 116 valence electrons. The number of nitrogens with zero attached hydrogens (tertiary/aromatic N) is 2. The van der Waals surface area contributed by atoms with Crippen LogP contribution in [0.15, 0.2) is 0 Å². The van der Waals surface area contributed by atoms with Gasteiger partial charge >= 0.3 is 0 Å². The predicted molar refractivity (Wildman–Crippen MR) is 84.2 cm³/mol. The number of ether oxygens (including phenoxy) is 1. The molecular formula is C16H31N3O. The average molecular weight is 281 g/mol. The molecule has 0 spiro atoms.